The number of likely N-dealkylation sites (tertiary alicyclic amines) is 1. The van der Waals surface area contributed by atoms with Gasteiger partial charge in [-0.3, -0.25) is 14.3 Å². The third kappa shape index (κ3) is 6.04. The van der Waals surface area contributed by atoms with Gasteiger partial charge in [-0.2, -0.15) is 13.2 Å². The Morgan fingerprint density at radius 2 is 1.87 bits per heavy atom. The van der Waals surface area contributed by atoms with E-state index >= 15 is 0 Å². The summed E-state index contributed by atoms with van der Waals surface area (Å²) in [5, 5.41) is 2.44. The lowest BCUT2D eigenvalue weighted by molar-refractivity contribution is -0.138. The minimum atomic E-state index is -4.82. The normalized spacial score (nSPS) is 16.8. The van der Waals surface area contributed by atoms with E-state index in [-0.39, 0.29) is 49.8 Å². The fraction of sp³-hybridized carbons (Fsp3) is 0.440. The van der Waals surface area contributed by atoms with Crippen molar-refractivity contribution >= 4 is 43.9 Å². The molecule has 0 bridgehead atoms. The zero-order chi connectivity index (χ0) is 28.7. The number of hydrogen-bond acceptors (Lipinski definition) is 6. The molecular formula is C25H27Cl2F3N4O4S. The van der Waals surface area contributed by atoms with Gasteiger partial charge in [-0.25, -0.2) is 13.2 Å². The molecule has 0 amide bonds. The first-order valence-corrected chi connectivity index (χ1v) is 14.6. The Labute approximate surface area is 232 Å². The molecule has 1 aromatic heterocycles. The molecule has 0 spiro atoms. The number of rotatable bonds is 8. The van der Waals surface area contributed by atoms with Crippen LogP contribution < -0.4 is 16.6 Å². The lowest BCUT2D eigenvalue weighted by Gasteiger charge is -2.22. The van der Waals surface area contributed by atoms with E-state index in [0.717, 1.165) is 13.0 Å². The standard InChI is InChI=1S/C25H27Cl2F3N4O4S/c1-3-39(37,38)20-5-4-16(26)8-15(20)12-34-23(35)17-9-19(25(28,29)30)18(21(27)22(17)32-24(34)36)13-33-7-6-14(11-33)10-31-2/h4-5,8-9,14,31H,3,6-7,10-13H2,1-2H3,(H,32,36)/t14-/m0/s1. The van der Waals surface area contributed by atoms with Gasteiger partial charge in [-0.05, 0) is 67.9 Å². The molecule has 2 N–H and O–H groups in total. The molecule has 3 aromatic rings. The molecule has 39 heavy (non-hydrogen) atoms. The number of nitrogens with one attached hydrogen (secondary N) is 2. The topological polar surface area (TPSA) is 104 Å². The molecule has 212 valence electrons. The minimum Gasteiger partial charge on any atom is -0.319 e. The second-order valence-corrected chi connectivity index (χ2v) is 12.6. The maximum Gasteiger partial charge on any atom is 0.416 e. The van der Waals surface area contributed by atoms with Crippen molar-refractivity contribution in [1.29, 1.82) is 0 Å². The van der Waals surface area contributed by atoms with Crippen LogP contribution in [0.2, 0.25) is 10.0 Å². The van der Waals surface area contributed by atoms with Crippen LogP contribution in [0.25, 0.3) is 10.9 Å². The maximum absolute atomic E-state index is 14.2. The van der Waals surface area contributed by atoms with Gasteiger partial charge >= 0.3 is 11.9 Å². The summed E-state index contributed by atoms with van der Waals surface area (Å²) >= 11 is 12.5. The molecule has 2 aromatic carbocycles. The van der Waals surface area contributed by atoms with Gasteiger partial charge in [0.25, 0.3) is 5.56 Å². The first-order valence-electron chi connectivity index (χ1n) is 12.2. The monoisotopic (exact) mass is 606 g/mol. The highest BCUT2D eigenvalue weighted by Gasteiger charge is 2.37. The summed E-state index contributed by atoms with van der Waals surface area (Å²) in [7, 11) is -1.95. The number of halogens is 5. The number of aromatic nitrogens is 2. The van der Waals surface area contributed by atoms with Gasteiger partial charge in [0.2, 0.25) is 0 Å². The third-order valence-electron chi connectivity index (χ3n) is 6.94. The second kappa shape index (κ2) is 11.2. The fourth-order valence-electron chi connectivity index (χ4n) is 4.98. The second-order valence-electron chi connectivity index (χ2n) is 9.56. The number of H-pyrrole nitrogens is 1. The number of sulfone groups is 1. The molecular weight excluding hydrogens is 580 g/mol. The molecule has 1 aliphatic rings. The molecule has 1 atom stereocenters. The van der Waals surface area contributed by atoms with E-state index < -0.39 is 44.8 Å². The zero-order valence-electron chi connectivity index (χ0n) is 21.2. The summed E-state index contributed by atoms with van der Waals surface area (Å²) in [6.45, 7) is 2.70. The van der Waals surface area contributed by atoms with Crippen molar-refractivity contribution in [3.63, 3.8) is 0 Å². The minimum absolute atomic E-state index is 0.0558. The van der Waals surface area contributed by atoms with E-state index in [1.807, 2.05) is 11.9 Å². The summed E-state index contributed by atoms with van der Waals surface area (Å²) in [5.74, 6) is 0.0356. The molecule has 4 rings (SSSR count). The molecule has 0 radical (unpaired) electrons. The van der Waals surface area contributed by atoms with E-state index in [4.69, 9.17) is 23.2 Å². The Morgan fingerprint density at radius 3 is 2.51 bits per heavy atom. The van der Waals surface area contributed by atoms with E-state index in [2.05, 4.69) is 10.3 Å². The first-order chi connectivity index (χ1) is 18.3. The Kier molecular flexibility index (Phi) is 8.53. The number of aromatic amines is 1. The van der Waals surface area contributed by atoms with Crippen molar-refractivity contribution in [2.24, 2.45) is 5.92 Å². The Morgan fingerprint density at radius 1 is 1.15 bits per heavy atom. The van der Waals surface area contributed by atoms with Crippen LogP contribution in [0.4, 0.5) is 13.2 Å². The predicted octanol–water partition coefficient (Wildman–Crippen LogP) is 3.90. The van der Waals surface area contributed by atoms with Crippen LogP contribution in [0.5, 0.6) is 0 Å². The van der Waals surface area contributed by atoms with Crippen LogP contribution >= 0.6 is 23.2 Å². The van der Waals surface area contributed by atoms with Crippen molar-refractivity contribution in [1.82, 2.24) is 19.8 Å². The highest BCUT2D eigenvalue weighted by atomic mass is 35.5. The van der Waals surface area contributed by atoms with Crippen molar-refractivity contribution in [3.8, 4) is 0 Å². The maximum atomic E-state index is 14.2. The number of alkyl halides is 3. The van der Waals surface area contributed by atoms with Crippen LogP contribution in [0.3, 0.4) is 0 Å². The lowest BCUT2D eigenvalue weighted by atomic mass is 10.0. The summed E-state index contributed by atoms with van der Waals surface area (Å²) in [6, 6.07) is 4.63. The Balaban J connectivity index is 1.85. The van der Waals surface area contributed by atoms with Gasteiger partial charge in [-0.15, -0.1) is 0 Å². The summed E-state index contributed by atoms with van der Waals surface area (Å²) in [6.07, 6.45) is -4.01. The lowest BCUT2D eigenvalue weighted by Crippen LogP contribution is -2.36. The molecule has 0 unspecified atom stereocenters. The van der Waals surface area contributed by atoms with Crippen molar-refractivity contribution in [2.45, 2.75) is 37.5 Å². The first kappa shape index (κ1) is 29.6. The van der Waals surface area contributed by atoms with Crippen LogP contribution in [0.15, 0.2) is 38.8 Å². The molecule has 14 heteroatoms. The highest BCUT2D eigenvalue weighted by molar-refractivity contribution is 7.91. The molecule has 1 saturated heterocycles. The molecule has 1 aliphatic heterocycles. The van der Waals surface area contributed by atoms with Gasteiger partial charge in [0, 0.05) is 18.1 Å². The van der Waals surface area contributed by atoms with Crippen LogP contribution in [-0.4, -0.2) is 55.3 Å². The smallest absolute Gasteiger partial charge is 0.319 e. The largest absolute Gasteiger partial charge is 0.416 e. The Bertz CT molecular complexity index is 1640. The van der Waals surface area contributed by atoms with Crippen LogP contribution in [0, 0.1) is 5.92 Å². The summed E-state index contributed by atoms with van der Waals surface area (Å²) in [4.78, 5) is 30.6. The van der Waals surface area contributed by atoms with E-state index in [1.54, 1.807) is 0 Å². The average Bonchev–Trinajstić information content (AvgIpc) is 3.30. The fourth-order valence-corrected chi connectivity index (χ4v) is 6.60. The van der Waals surface area contributed by atoms with Crippen molar-refractivity contribution in [2.75, 3.05) is 32.4 Å². The quantitative estimate of drug-likeness (QED) is 0.403. The molecule has 1 fully saturated rings. The summed E-state index contributed by atoms with van der Waals surface area (Å²) < 4.78 is 68.4. The van der Waals surface area contributed by atoms with E-state index in [9.17, 15) is 31.2 Å². The van der Waals surface area contributed by atoms with Crippen molar-refractivity contribution < 1.29 is 21.6 Å². The zero-order valence-corrected chi connectivity index (χ0v) is 23.5. The number of benzene rings is 2. The molecule has 0 aliphatic carbocycles. The third-order valence-corrected chi connectivity index (χ3v) is 9.42. The van der Waals surface area contributed by atoms with Crippen molar-refractivity contribution in [3.05, 3.63) is 71.8 Å². The molecule has 8 nitrogen and oxygen atoms in total. The number of fused-ring (bicyclic) bond motifs is 1. The Hall–Kier alpha value is -2.38. The van der Waals surface area contributed by atoms with E-state index in [1.165, 1.54) is 25.1 Å². The van der Waals surface area contributed by atoms with Gasteiger partial charge in [0.05, 0.1) is 38.7 Å². The number of nitrogens with zero attached hydrogens (tertiary/aromatic N) is 2. The predicted molar refractivity (Wildman–Crippen MR) is 144 cm³/mol. The highest BCUT2D eigenvalue weighted by Crippen LogP contribution is 2.39. The SMILES string of the molecule is CCS(=O)(=O)c1ccc(Cl)cc1Cn1c(=O)[nH]c2c(Cl)c(CN3CC[C@@H](CNC)C3)c(C(F)(F)F)cc2c1=O. The van der Waals surface area contributed by atoms with Gasteiger partial charge in [0.1, 0.15) is 0 Å². The van der Waals surface area contributed by atoms with Gasteiger partial charge < -0.3 is 10.3 Å². The van der Waals surface area contributed by atoms with Crippen LogP contribution in [-0.2, 0) is 29.1 Å². The molecule has 0 saturated carbocycles. The van der Waals surface area contributed by atoms with Gasteiger partial charge in [0.15, 0.2) is 9.84 Å². The van der Waals surface area contributed by atoms with Gasteiger partial charge in [-0.1, -0.05) is 30.1 Å². The number of hydrogen-bond donors (Lipinski definition) is 2. The molecule has 2 heterocycles. The average molecular weight is 607 g/mol. The van der Waals surface area contributed by atoms with Crippen LogP contribution in [0.1, 0.15) is 30.0 Å². The summed E-state index contributed by atoms with van der Waals surface area (Å²) in [5.41, 5.74) is -3.42. The van der Waals surface area contributed by atoms with E-state index in [0.29, 0.717) is 23.7 Å².